The molecule has 2 N–H and O–H groups in total. The highest BCUT2D eigenvalue weighted by atomic mass is 16.4. The predicted molar refractivity (Wildman–Crippen MR) is 168 cm³/mol. The van der Waals surface area contributed by atoms with E-state index in [4.69, 9.17) is 11.7 Å². The van der Waals surface area contributed by atoms with Crippen molar-refractivity contribution in [1.29, 1.82) is 0 Å². The predicted octanol–water partition coefficient (Wildman–Crippen LogP) is 7.01. The second-order valence-corrected chi connectivity index (χ2v) is 10.2. The van der Waals surface area contributed by atoms with Gasteiger partial charge in [-0.05, 0) is 88.7 Å². The van der Waals surface area contributed by atoms with Crippen molar-refractivity contribution in [2.45, 2.75) is 12.8 Å². The summed E-state index contributed by atoms with van der Waals surface area (Å²) < 4.78 is 0. The van der Waals surface area contributed by atoms with E-state index >= 15 is 0 Å². The van der Waals surface area contributed by atoms with Crippen molar-refractivity contribution in [3.05, 3.63) is 136 Å². The van der Waals surface area contributed by atoms with Crippen molar-refractivity contribution in [2.75, 3.05) is 16.5 Å². The lowest BCUT2D eigenvalue weighted by Crippen LogP contribution is -2.24. The van der Waals surface area contributed by atoms with Gasteiger partial charge in [0.2, 0.25) is 0 Å². The smallest absolute Gasteiger partial charge is 0.339 e. The van der Waals surface area contributed by atoms with Crippen molar-refractivity contribution in [3.63, 3.8) is 0 Å². The summed E-state index contributed by atoms with van der Waals surface area (Å²) in [5.74, 6) is -1.67. The molecule has 0 aromatic heterocycles. The van der Waals surface area contributed by atoms with E-state index in [-0.39, 0.29) is 28.6 Å². The average molecular weight is 567 g/mol. The Morgan fingerprint density at radius 3 is 2.33 bits per heavy atom. The Labute approximate surface area is 248 Å². The maximum absolute atomic E-state index is 13.2. The average Bonchev–Trinajstić information content (AvgIpc) is 3.34. The van der Waals surface area contributed by atoms with Crippen LogP contribution < -0.4 is 9.91 Å². The minimum Gasteiger partial charge on any atom is -0.507 e. The fourth-order valence-electron chi connectivity index (χ4n) is 5.29. The van der Waals surface area contributed by atoms with Crippen molar-refractivity contribution in [2.24, 2.45) is 5.10 Å². The van der Waals surface area contributed by atoms with Gasteiger partial charge < -0.3 is 20.0 Å². The summed E-state index contributed by atoms with van der Waals surface area (Å²) >= 11 is 0. The zero-order chi connectivity index (χ0) is 29.9. The Morgan fingerprint density at radius 1 is 0.884 bits per heavy atom. The highest BCUT2D eigenvalue weighted by Gasteiger charge is 2.34. The van der Waals surface area contributed by atoms with Gasteiger partial charge in [0, 0.05) is 17.9 Å². The molecule has 6 rings (SSSR count). The van der Waals surface area contributed by atoms with Gasteiger partial charge in [-0.1, -0.05) is 67.3 Å². The van der Waals surface area contributed by atoms with Gasteiger partial charge in [0.1, 0.15) is 11.3 Å². The molecule has 0 atom stereocenters. The van der Waals surface area contributed by atoms with Gasteiger partial charge in [0.25, 0.3) is 5.91 Å². The van der Waals surface area contributed by atoms with E-state index < -0.39 is 5.97 Å². The van der Waals surface area contributed by atoms with Crippen LogP contribution in [0.1, 0.15) is 39.0 Å². The number of hydrogen-bond acceptors (Lipinski definition) is 5. The molecule has 0 saturated heterocycles. The van der Waals surface area contributed by atoms with Crippen LogP contribution in [0.5, 0.6) is 5.75 Å². The van der Waals surface area contributed by atoms with Crippen LogP contribution in [-0.4, -0.2) is 34.5 Å². The summed E-state index contributed by atoms with van der Waals surface area (Å²) in [4.78, 5) is 30.1. The number of carboxylic acids is 1. The molecule has 4 aromatic rings. The molecule has 43 heavy (non-hydrogen) atoms. The summed E-state index contributed by atoms with van der Waals surface area (Å²) in [6.45, 7) is 8.43. The van der Waals surface area contributed by atoms with Crippen molar-refractivity contribution < 1.29 is 19.8 Å². The zero-order valence-corrected chi connectivity index (χ0v) is 23.0. The standard InChI is InChI=1S/C35H26N4O4/c1-36-33-30(34(41)39(37-33)28-7-3-2-4-8-28)21-25-14-18-31-26(20-25)6-5-19-38(31)27-15-11-23(12-16-27)9-10-24-13-17-29(35(42)43)32(40)22-24/h2-4,7-18,20-22,40H,5-6,19H2,(H,42,43). The second kappa shape index (κ2) is 11.5. The van der Waals surface area contributed by atoms with Gasteiger partial charge in [-0.25, -0.2) is 4.79 Å². The van der Waals surface area contributed by atoms with Gasteiger partial charge in [-0.3, -0.25) is 4.79 Å². The molecule has 0 radical (unpaired) electrons. The van der Waals surface area contributed by atoms with Crippen LogP contribution in [0, 0.1) is 6.57 Å². The van der Waals surface area contributed by atoms with Crippen LogP contribution in [0.25, 0.3) is 23.1 Å². The largest absolute Gasteiger partial charge is 0.507 e. The van der Waals surface area contributed by atoms with Gasteiger partial charge in [-0.15, -0.1) is 5.01 Å². The van der Waals surface area contributed by atoms with Crippen LogP contribution in [0.3, 0.4) is 0 Å². The summed E-state index contributed by atoms with van der Waals surface area (Å²) in [5, 5.41) is 24.6. The number of para-hydroxylation sites is 1. The molecule has 2 heterocycles. The number of hydrogen-bond donors (Lipinski definition) is 2. The molecule has 8 heteroatoms. The highest BCUT2D eigenvalue weighted by Crippen LogP contribution is 2.35. The topological polar surface area (TPSA) is 97.8 Å². The molecule has 210 valence electrons. The van der Waals surface area contributed by atoms with E-state index in [9.17, 15) is 14.7 Å². The third-order valence-corrected chi connectivity index (χ3v) is 7.42. The molecule has 0 bridgehead atoms. The number of carbonyl (C=O) groups is 2. The summed E-state index contributed by atoms with van der Waals surface area (Å²) in [5.41, 5.74) is 6.61. The molecule has 0 unspecified atom stereocenters. The number of fused-ring (bicyclic) bond motifs is 1. The van der Waals surface area contributed by atoms with Gasteiger partial charge in [0.15, 0.2) is 0 Å². The van der Waals surface area contributed by atoms with Crippen molar-refractivity contribution in [3.8, 4) is 5.75 Å². The number of anilines is 3. The number of amidine groups is 1. The third-order valence-electron chi connectivity index (χ3n) is 7.42. The lowest BCUT2D eigenvalue weighted by Gasteiger charge is -2.31. The number of carbonyl (C=O) groups excluding carboxylic acids is 1. The number of benzene rings is 4. The number of hydrazone groups is 1. The maximum Gasteiger partial charge on any atom is 0.339 e. The van der Waals surface area contributed by atoms with Crippen LogP contribution >= 0.6 is 0 Å². The Kier molecular flexibility index (Phi) is 7.29. The molecule has 2 aliphatic rings. The number of aryl methyl sites for hydroxylation is 1. The Hall–Kier alpha value is -5.94. The highest BCUT2D eigenvalue weighted by molar-refractivity contribution is 6.34. The van der Waals surface area contributed by atoms with Crippen LogP contribution in [0.2, 0.25) is 0 Å². The first-order valence-electron chi connectivity index (χ1n) is 13.7. The number of aromatic hydroxyl groups is 1. The summed E-state index contributed by atoms with van der Waals surface area (Å²) in [6.07, 6.45) is 7.36. The van der Waals surface area contributed by atoms with E-state index in [2.05, 4.69) is 39.1 Å². The fraction of sp³-hybridized carbons (Fsp3) is 0.0857. The van der Waals surface area contributed by atoms with E-state index in [1.807, 2.05) is 48.6 Å². The fourth-order valence-corrected chi connectivity index (χ4v) is 5.29. The van der Waals surface area contributed by atoms with Gasteiger partial charge in [0.05, 0.1) is 11.3 Å². The Balaban J connectivity index is 1.20. The minimum absolute atomic E-state index is 0.0800. The summed E-state index contributed by atoms with van der Waals surface area (Å²) in [7, 11) is 0. The van der Waals surface area contributed by atoms with Crippen LogP contribution in [0.15, 0.2) is 102 Å². The molecule has 8 nitrogen and oxygen atoms in total. The number of nitrogens with zero attached hydrogens (tertiary/aromatic N) is 4. The van der Waals surface area contributed by atoms with E-state index in [0.29, 0.717) is 11.3 Å². The molecular formula is C35H26N4O4. The Morgan fingerprint density at radius 2 is 1.60 bits per heavy atom. The number of amides is 1. The number of carboxylic acid groups (broad SMARTS) is 1. The van der Waals surface area contributed by atoms with Crippen LogP contribution in [0.4, 0.5) is 17.1 Å². The van der Waals surface area contributed by atoms with Crippen molar-refractivity contribution in [1.82, 2.24) is 0 Å². The maximum atomic E-state index is 13.2. The minimum atomic E-state index is -1.17. The SMILES string of the molecule is [C-]#[N+]C1=NN(c2ccccc2)C(=O)C1=Cc1ccc2c(c1)CCCN2c1ccc(C=Cc2ccc(C(=O)O)c(O)c2)cc1. The molecule has 4 aromatic carbocycles. The molecule has 0 fully saturated rings. The van der Waals surface area contributed by atoms with E-state index in [0.717, 1.165) is 41.9 Å². The monoisotopic (exact) mass is 566 g/mol. The number of phenols is 1. The first-order chi connectivity index (χ1) is 20.9. The normalized spacial score (nSPS) is 15.5. The van der Waals surface area contributed by atoms with Gasteiger partial charge in [-0.2, -0.15) is 0 Å². The molecular weight excluding hydrogens is 540 g/mol. The number of aromatic carboxylic acids is 1. The third kappa shape index (κ3) is 5.52. The first-order valence-corrected chi connectivity index (χ1v) is 13.7. The molecule has 0 aliphatic carbocycles. The van der Waals surface area contributed by atoms with Crippen LogP contribution in [-0.2, 0) is 11.2 Å². The molecule has 0 saturated carbocycles. The van der Waals surface area contributed by atoms with E-state index in [1.54, 1.807) is 24.3 Å². The quantitative estimate of drug-likeness (QED) is 0.149. The molecule has 0 spiro atoms. The van der Waals surface area contributed by atoms with E-state index in [1.165, 1.54) is 22.7 Å². The zero-order valence-electron chi connectivity index (χ0n) is 23.0. The summed E-state index contributed by atoms with van der Waals surface area (Å²) in [6, 6.07) is 27.8. The van der Waals surface area contributed by atoms with Gasteiger partial charge >= 0.3 is 11.8 Å². The first kappa shape index (κ1) is 27.2. The molecule has 2 aliphatic heterocycles. The Bertz CT molecular complexity index is 1870. The van der Waals surface area contributed by atoms with Crippen molar-refractivity contribution >= 4 is 53.0 Å². The second-order valence-electron chi connectivity index (χ2n) is 10.2. The lowest BCUT2D eigenvalue weighted by molar-refractivity contribution is -0.114. The lowest BCUT2D eigenvalue weighted by atomic mass is 9.97. The molecule has 1 amide bonds. The number of rotatable bonds is 6.